The molecule has 0 aliphatic heterocycles. The van der Waals surface area contributed by atoms with Crippen LogP contribution in [0.3, 0.4) is 0 Å². The van der Waals surface area contributed by atoms with E-state index in [-0.39, 0.29) is 19.3 Å². The number of imidazole rings is 3. The number of aromatic nitrogens is 6. The Hall–Kier alpha value is -5.02. The molecule has 38 heavy (non-hydrogen) atoms. The molecule has 3 heterocycles. The van der Waals surface area contributed by atoms with E-state index in [9.17, 15) is 29.1 Å². The predicted molar refractivity (Wildman–Crippen MR) is 129 cm³/mol. The molecule has 0 saturated carbocycles. The number of H-pyrrole nitrogens is 3. The van der Waals surface area contributed by atoms with Gasteiger partial charge in [-0.25, -0.2) is 19.7 Å². The van der Waals surface area contributed by atoms with Crippen molar-refractivity contribution in [2.24, 2.45) is 0 Å². The number of carboxylic acids is 1. The average Bonchev–Trinajstić information content (AvgIpc) is 3.65. The SMILES string of the molecule is CC(=O)N[C@@H](Cc1cnc[nH]1)C(=O)N[C@@H](Cc1cnc[nH]1)C(=O)NCC(=O)N[C@@H](Cc1cnc[nH]1)C(=O)O. The second-order valence-electron chi connectivity index (χ2n) is 8.33. The van der Waals surface area contributed by atoms with E-state index < -0.39 is 54.3 Å². The molecule has 0 aliphatic rings. The van der Waals surface area contributed by atoms with Crippen LogP contribution in [0.1, 0.15) is 24.0 Å². The van der Waals surface area contributed by atoms with Crippen LogP contribution in [-0.4, -0.2) is 89.3 Å². The maximum Gasteiger partial charge on any atom is 0.326 e. The number of carbonyl (C=O) groups excluding carboxylic acids is 4. The van der Waals surface area contributed by atoms with Crippen molar-refractivity contribution >= 4 is 29.6 Å². The van der Waals surface area contributed by atoms with Gasteiger partial charge in [-0.05, 0) is 0 Å². The van der Waals surface area contributed by atoms with Gasteiger partial charge in [0.25, 0.3) is 0 Å². The summed E-state index contributed by atoms with van der Waals surface area (Å²) < 4.78 is 0. The second-order valence-corrected chi connectivity index (χ2v) is 8.33. The maximum absolute atomic E-state index is 13.0. The smallest absolute Gasteiger partial charge is 0.326 e. The van der Waals surface area contributed by atoms with Gasteiger partial charge in [0, 0.05) is 61.9 Å². The first-order chi connectivity index (χ1) is 18.2. The average molecular weight is 529 g/mol. The highest BCUT2D eigenvalue weighted by molar-refractivity contribution is 5.94. The molecule has 0 fully saturated rings. The molecule has 0 radical (unpaired) electrons. The van der Waals surface area contributed by atoms with E-state index in [0.29, 0.717) is 17.1 Å². The van der Waals surface area contributed by atoms with Gasteiger partial charge < -0.3 is 41.3 Å². The molecule has 0 unspecified atom stereocenters. The van der Waals surface area contributed by atoms with Crippen LogP contribution in [0.4, 0.5) is 0 Å². The highest BCUT2D eigenvalue weighted by atomic mass is 16.4. The van der Waals surface area contributed by atoms with E-state index in [1.165, 1.54) is 44.5 Å². The Morgan fingerprint density at radius 2 is 1.21 bits per heavy atom. The van der Waals surface area contributed by atoms with Crippen LogP contribution in [0.25, 0.3) is 0 Å². The zero-order chi connectivity index (χ0) is 27.5. The van der Waals surface area contributed by atoms with Crippen molar-refractivity contribution in [3.05, 3.63) is 54.7 Å². The lowest BCUT2D eigenvalue weighted by Crippen LogP contribution is -2.56. The Bertz CT molecular complexity index is 1210. The van der Waals surface area contributed by atoms with Gasteiger partial charge in [-0.15, -0.1) is 0 Å². The van der Waals surface area contributed by atoms with Crippen LogP contribution in [-0.2, 0) is 43.2 Å². The molecule has 3 aromatic heterocycles. The van der Waals surface area contributed by atoms with Gasteiger partial charge in [0.05, 0.1) is 25.5 Å². The molecule has 16 heteroatoms. The molecule has 3 aromatic rings. The molecule has 0 aliphatic carbocycles. The topological polar surface area (TPSA) is 240 Å². The van der Waals surface area contributed by atoms with Crippen molar-refractivity contribution < 1.29 is 29.1 Å². The highest BCUT2D eigenvalue weighted by Gasteiger charge is 2.28. The summed E-state index contributed by atoms with van der Waals surface area (Å²) >= 11 is 0. The molecular weight excluding hydrogens is 500 g/mol. The predicted octanol–water partition coefficient (Wildman–Crippen LogP) is -2.44. The van der Waals surface area contributed by atoms with Gasteiger partial charge in [0.1, 0.15) is 18.1 Å². The quantitative estimate of drug-likeness (QED) is 0.111. The summed E-state index contributed by atoms with van der Waals surface area (Å²) in [5.41, 5.74) is 1.63. The van der Waals surface area contributed by atoms with E-state index in [4.69, 9.17) is 0 Å². The van der Waals surface area contributed by atoms with E-state index in [1.54, 1.807) is 0 Å². The highest BCUT2D eigenvalue weighted by Crippen LogP contribution is 2.04. The molecule has 4 amide bonds. The van der Waals surface area contributed by atoms with Gasteiger partial charge in [0.15, 0.2) is 0 Å². The molecule has 3 rings (SSSR count). The van der Waals surface area contributed by atoms with Crippen molar-refractivity contribution in [3.8, 4) is 0 Å². The monoisotopic (exact) mass is 528 g/mol. The molecule has 0 saturated heterocycles. The number of carboxylic acid groups (broad SMARTS) is 1. The van der Waals surface area contributed by atoms with Crippen molar-refractivity contribution in [1.29, 1.82) is 0 Å². The molecule has 0 spiro atoms. The summed E-state index contributed by atoms with van der Waals surface area (Å²) in [6.07, 6.45) is 8.71. The number of carbonyl (C=O) groups is 5. The van der Waals surface area contributed by atoms with Gasteiger partial charge in [-0.3, -0.25) is 19.2 Å². The number of nitrogens with one attached hydrogen (secondary N) is 7. The van der Waals surface area contributed by atoms with Crippen LogP contribution >= 0.6 is 0 Å². The van der Waals surface area contributed by atoms with Crippen molar-refractivity contribution in [3.63, 3.8) is 0 Å². The fourth-order valence-corrected chi connectivity index (χ4v) is 3.52. The van der Waals surface area contributed by atoms with E-state index in [0.717, 1.165) is 0 Å². The largest absolute Gasteiger partial charge is 0.480 e. The van der Waals surface area contributed by atoms with Gasteiger partial charge in [0.2, 0.25) is 23.6 Å². The summed E-state index contributed by atoms with van der Waals surface area (Å²) in [6, 6.07) is -3.40. The van der Waals surface area contributed by atoms with Crippen molar-refractivity contribution in [1.82, 2.24) is 51.2 Å². The lowest BCUT2D eigenvalue weighted by Gasteiger charge is -2.22. The first-order valence-electron chi connectivity index (χ1n) is 11.5. The van der Waals surface area contributed by atoms with Crippen molar-refractivity contribution in [2.45, 2.75) is 44.3 Å². The lowest BCUT2D eigenvalue weighted by molar-refractivity contribution is -0.141. The first kappa shape index (κ1) is 27.6. The molecule has 0 bridgehead atoms. The van der Waals surface area contributed by atoms with Gasteiger partial charge in [-0.1, -0.05) is 0 Å². The Labute approximate surface area is 215 Å². The third-order valence-corrected chi connectivity index (χ3v) is 5.32. The number of aliphatic carboxylic acids is 1. The van der Waals surface area contributed by atoms with Crippen LogP contribution < -0.4 is 21.3 Å². The zero-order valence-corrected chi connectivity index (χ0v) is 20.4. The number of nitrogens with zero attached hydrogens (tertiary/aromatic N) is 3. The fourth-order valence-electron chi connectivity index (χ4n) is 3.52. The summed E-state index contributed by atoms with van der Waals surface area (Å²) in [5.74, 6) is -3.78. The minimum absolute atomic E-state index is 0.00756. The van der Waals surface area contributed by atoms with Crippen molar-refractivity contribution in [2.75, 3.05) is 6.54 Å². The lowest BCUT2D eigenvalue weighted by atomic mass is 10.1. The van der Waals surface area contributed by atoms with Gasteiger partial charge in [-0.2, -0.15) is 0 Å². The van der Waals surface area contributed by atoms with Crippen LogP contribution in [0.5, 0.6) is 0 Å². The Kier molecular flexibility index (Phi) is 9.67. The summed E-state index contributed by atoms with van der Waals surface area (Å²) in [6.45, 7) is 0.724. The number of aromatic amines is 3. The molecule has 16 nitrogen and oxygen atoms in total. The fraction of sp³-hybridized carbons (Fsp3) is 0.364. The second kappa shape index (κ2) is 13.3. The Morgan fingerprint density at radius 1 is 0.737 bits per heavy atom. The molecular formula is C22H28N10O6. The standard InChI is InChI=1S/C22H28N10O6/c1-12(33)30-17(3-14-6-24-10-28-14)21(36)32-16(2-13-5-23-9-27-13)20(35)26-8-19(34)31-18(22(37)38)4-15-7-25-11-29-15/h5-7,9-11,16-18H,2-4,8H2,1H3,(H,23,27)(H,24,28)(H,25,29)(H,26,35)(H,30,33)(H,31,34)(H,32,36)(H,37,38)/t16-,17-,18-/m0/s1. The van der Waals surface area contributed by atoms with E-state index in [2.05, 4.69) is 51.2 Å². The minimum Gasteiger partial charge on any atom is -0.480 e. The minimum atomic E-state index is -1.26. The van der Waals surface area contributed by atoms with Crippen LogP contribution in [0.2, 0.25) is 0 Å². The van der Waals surface area contributed by atoms with E-state index in [1.807, 2.05) is 0 Å². The van der Waals surface area contributed by atoms with Crippen LogP contribution in [0, 0.1) is 0 Å². The maximum atomic E-state index is 13.0. The normalized spacial score (nSPS) is 13.1. The third kappa shape index (κ3) is 8.58. The molecule has 0 aromatic carbocycles. The van der Waals surface area contributed by atoms with Crippen LogP contribution in [0.15, 0.2) is 37.6 Å². The van der Waals surface area contributed by atoms with E-state index >= 15 is 0 Å². The molecule has 3 atom stereocenters. The van der Waals surface area contributed by atoms with Gasteiger partial charge >= 0.3 is 5.97 Å². The number of amides is 4. The summed E-state index contributed by atoms with van der Waals surface area (Å²) in [4.78, 5) is 81.7. The third-order valence-electron chi connectivity index (χ3n) is 5.32. The Balaban J connectivity index is 1.63. The summed E-state index contributed by atoms with van der Waals surface area (Å²) in [7, 11) is 0. The first-order valence-corrected chi connectivity index (χ1v) is 11.5. The Morgan fingerprint density at radius 3 is 1.63 bits per heavy atom. The number of rotatable bonds is 14. The number of hydrogen-bond acceptors (Lipinski definition) is 8. The molecule has 8 N–H and O–H groups in total. The summed E-state index contributed by atoms with van der Waals surface area (Å²) in [5, 5.41) is 19.3. The molecule has 202 valence electrons. The zero-order valence-electron chi connectivity index (χ0n) is 20.4. The number of hydrogen-bond donors (Lipinski definition) is 8.